The number of ether oxygens (including phenoxy) is 1. The molecule has 0 aliphatic heterocycles. The van der Waals surface area contributed by atoms with E-state index < -0.39 is 40.5 Å². The minimum absolute atomic E-state index is 0.109. The van der Waals surface area contributed by atoms with Crippen LogP contribution in [0.4, 0.5) is 28.3 Å². The van der Waals surface area contributed by atoms with E-state index in [4.69, 9.17) is 4.74 Å². The average molecular weight is 538 g/mol. The second-order valence-electron chi connectivity index (χ2n) is 10.4. The molecule has 3 rings (SSSR count). The Kier molecular flexibility index (Phi) is 7.94. The first-order valence-electron chi connectivity index (χ1n) is 11.8. The van der Waals surface area contributed by atoms with Crippen molar-refractivity contribution in [1.29, 1.82) is 0 Å². The summed E-state index contributed by atoms with van der Waals surface area (Å²) in [5.74, 6) is -1.02. The number of carbonyl (C=O) groups excluding carboxylic acids is 2. The highest BCUT2D eigenvalue weighted by atomic mass is 19.4. The van der Waals surface area contributed by atoms with Crippen LogP contribution in [0.25, 0.3) is 11.0 Å². The van der Waals surface area contributed by atoms with Gasteiger partial charge in [-0.1, -0.05) is 12.1 Å². The van der Waals surface area contributed by atoms with Crippen molar-refractivity contribution < 1.29 is 31.9 Å². The second kappa shape index (κ2) is 10.5. The van der Waals surface area contributed by atoms with Crippen LogP contribution in [-0.2, 0) is 27.8 Å². The molecule has 38 heavy (non-hydrogen) atoms. The number of hydrogen-bond acceptors (Lipinski definition) is 5. The molecule has 0 saturated heterocycles. The van der Waals surface area contributed by atoms with Crippen molar-refractivity contribution in [2.75, 3.05) is 26.0 Å². The Bertz CT molecular complexity index is 1330. The fraction of sp³-hybridized carbons (Fsp3) is 0.423. The third-order valence-electron chi connectivity index (χ3n) is 5.85. The molecular weight excluding hydrogens is 506 g/mol. The van der Waals surface area contributed by atoms with Gasteiger partial charge in [0.05, 0.1) is 27.6 Å². The molecule has 0 saturated carbocycles. The molecule has 1 aromatic heterocycles. The number of hydrogen-bond donors (Lipinski definition) is 3. The molecule has 206 valence electrons. The zero-order valence-corrected chi connectivity index (χ0v) is 22.0. The van der Waals surface area contributed by atoms with Gasteiger partial charge in [-0.15, -0.1) is 0 Å². The van der Waals surface area contributed by atoms with Gasteiger partial charge in [-0.3, -0.25) is 4.79 Å². The molecule has 8 nitrogen and oxygen atoms in total. The van der Waals surface area contributed by atoms with Gasteiger partial charge in [0, 0.05) is 26.2 Å². The maximum absolute atomic E-state index is 14.7. The summed E-state index contributed by atoms with van der Waals surface area (Å²) in [6.07, 6.45) is -4.58. The number of urea groups is 1. The minimum atomic E-state index is -4.58. The molecule has 1 unspecified atom stereocenters. The summed E-state index contributed by atoms with van der Waals surface area (Å²) in [7, 11) is 3.09. The molecule has 3 aromatic rings. The summed E-state index contributed by atoms with van der Waals surface area (Å²) in [4.78, 5) is 33.1. The van der Waals surface area contributed by atoms with E-state index in [-0.39, 0.29) is 35.7 Å². The zero-order valence-electron chi connectivity index (χ0n) is 22.0. The van der Waals surface area contributed by atoms with Crippen LogP contribution in [0, 0.1) is 11.2 Å². The summed E-state index contributed by atoms with van der Waals surface area (Å²) in [6.45, 7) is 6.10. The molecule has 0 fully saturated rings. The number of esters is 1. The largest absolute Gasteiger partial charge is 0.462 e. The van der Waals surface area contributed by atoms with Crippen molar-refractivity contribution >= 4 is 29.0 Å². The number of anilines is 1. The van der Waals surface area contributed by atoms with Crippen LogP contribution in [0.1, 0.15) is 44.4 Å². The minimum Gasteiger partial charge on any atom is -0.462 e. The molecule has 2 amide bonds. The predicted molar refractivity (Wildman–Crippen MR) is 135 cm³/mol. The fourth-order valence-electron chi connectivity index (χ4n) is 3.58. The summed E-state index contributed by atoms with van der Waals surface area (Å²) in [5, 5.41) is 5.64. The normalized spacial score (nSPS) is 13.6. The van der Waals surface area contributed by atoms with Gasteiger partial charge in [0.1, 0.15) is 12.4 Å². The highest BCUT2D eigenvalue weighted by Crippen LogP contribution is 2.34. The number of H-pyrrole nitrogens is 1. The second-order valence-corrected chi connectivity index (χ2v) is 10.4. The molecule has 3 N–H and O–H groups in total. The quantitative estimate of drug-likeness (QED) is 0.277. The Morgan fingerprint density at radius 3 is 2.32 bits per heavy atom. The lowest BCUT2D eigenvalue weighted by molar-refractivity contribution is -0.154. The van der Waals surface area contributed by atoms with Crippen molar-refractivity contribution in [3.05, 3.63) is 58.9 Å². The van der Waals surface area contributed by atoms with Gasteiger partial charge in [-0.05, 0) is 57.5 Å². The number of aromatic amines is 1. The number of amides is 2. The molecule has 0 aliphatic rings. The fourth-order valence-corrected chi connectivity index (χ4v) is 3.58. The van der Waals surface area contributed by atoms with Crippen LogP contribution in [0.3, 0.4) is 0 Å². The maximum Gasteiger partial charge on any atom is 0.416 e. The number of nitrogens with zero attached hydrogens (tertiary/aromatic N) is 2. The van der Waals surface area contributed by atoms with Gasteiger partial charge < -0.3 is 25.3 Å². The van der Waals surface area contributed by atoms with Crippen molar-refractivity contribution in [3.8, 4) is 0 Å². The first kappa shape index (κ1) is 28.7. The monoisotopic (exact) mass is 537 g/mol. The van der Waals surface area contributed by atoms with Crippen LogP contribution in [0.5, 0.6) is 0 Å². The topological polar surface area (TPSA) is 99.4 Å². The molecule has 1 atom stereocenters. The first-order valence-corrected chi connectivity index (χ1v) is 11.8. The van der Waals surface area contributed by atoms with E-state index in [1.54, 1.807) is 41.8 Å². The van der Waals surface area contributed by atoms with Crippen molar-refractivity contribution in [1.82, 2.24) is 20.2 Å². The van der Waals surface area contributed by atoms with Crippen LogP contribution in [-0.4, -0.2) is 47.6 Å². The van der Waals surface area contributed by atoms with E-state index in [0.717, 1.165) is 12.1 Å². The Labute approximate surface area is 217 Å². The summed E-state index contributed by atoms with van der Waals surface area (Å²) < 4.78 is 60.5. The molecule has 0 aliphatic carbocycles. The van der Waals surface area contributed by atoms with Gasteiger partial charge in [-0.25, -0.2) is 14.2 Å². The van der Waals surface area contributed by atoms with Crippen LogP contribution in [0.2, 0.25) is 0 Å². The predicted octanol–water partition coefficient (Wildman–Crippen LogP) is 5.41. The highest BCUT2D eigenvalue weighted by molar-refractivity contribution is 5.82. The Morgan fingerprint density at radius 1 is 1.05 bits per heavy atom. The van der Waals surface area contributed by atoms with Crippen molar-refractivity contribution in [2.45, 2.75) is 46.0 Å². The third-order valence-corrected chi connectivity index (χ3v) is 5.85. The smallest absolute Gasteiger partial charge is 0.416 e. The molecule has 0 bridgehead atoms. The lowest BCUT2D eigenvalue weighted by atomic mass is 9.91. The average Bonchev–Trinajstić information content (AvgIpc) is 3.22. The maximum atomic E-state index is 14.7. The number of imidazole rings is 1. The number of fused-ring (bicyclic) bond motifs is 1. The van der Waals surface area contributed by atoms with E-state index >= 15 is 0 Å². The summed E-state index contributed by atoms with van der Waals surface area (Å²) >= 11 is 0. The molecule has 12 heteroatoms. The van der Waals surface area contributed by atoms with Crippen LogP contribution < -0.4 is 10.6 Å². The van der Waals surface area contributed by atoms with E-state index in [0.29, 0.717) is 5.52 Å². The number of halogens is 4. The molecule has 0 radical (unpaired) electrons. The standard InChI is InChI=1S/C26H31F4N5O3/c1-24(2,3)21(36)38-14-25(4,15-8-7-9-16(12-15)26(28,29)30)34-22-32-19-11-10-18(27)17(20(19)33-22)13-31-23(37)35(5)6/h7-12H,13-14H2,1-6H3,(H,31,37)(H2,32,33,34). The number of alkyl halides is 3. The van der Waals surface area contributed by atoms with Gasteiger partial charge in [0.2, 0.25) is 5.95 Å². The van der Waals surface area contributed by atoms with E-state index in [9.17, 15) is 27.2 Å². The highest BCUT2D eigenvalue weighted by Gasteiger charge is 2.36. The number of rotatable bonds is 7. The number of benzene rings is 2. The number of carbonyl (C=O) groups is 2. The van der Waals surface area contributed by atoms with Gasteiger partial charge >= 0.3 is 18.2 Å². The molecule has 2 aromatic carbocycles. The number of aromatic nitrogens is 2. The number of nitrogens with one attached hydrogen (secondary N) is 3. The van der Waals surface area contributed by atoms with E-state index in [2.05, 4.69) is 20.6 Å². The van der Waals surface area contributed by atoms with Crippen LogP contribution in [0.15, 0.2) is 36.4 Å². The summed E-state index contributed by atoms with van der Waals surface area (Å²) in [5.41, 5.74) is -2.08. The zero-order chi connectivity index (χ0) is 28.5. The van der Waals surface area contributed by atoms with Gasteiger partial charge in [0.25, 0.3) is 0 Å². The lowest BCUT2D eigenvalue weighted by Gasteiger charge is -2.32. The molecular formula is C26H31F4N5O3. The van der Waals surface area contributed by atoms with E-state index in [1.807, 2.05) is 0 Å². The van der Waals surface area contributed by atoms with Gasteiger partial charge in [-0.2, -0.15) is 13.2 Å². The van der Waals surface area contributed by atoms with Gasteiger partial charge in [0.15, 0.2) is 0 Å². The summed E-state index contributed by atoms with van der Waals surface area (Å²) in [6, 6.07) is 6.93. The van der Waals surface area contributed by atoms with Crippen LogP contribution >= 0.6 is 0 Å². The SMILES string of the molecule is CN(C)C(=O)NCc1c(F)ccc2[nH]c(NC(C)(COC(=O)C(C)(C)C)c3cccc(C(F)(F)F)c3)nc12. The Hall–Kier alpha value is -3.83. The lowest BCUT2D eigenvalue weighted by Crippen LogP contribution is -2.40. The first-order chi connectivity index (χ1) is 17.5. The van der Waals surface area contributed by atoms with Crippen molar-refractivity contribution in [2.24, 2.45) is 5.41 Å². The van der Waals surface area contributed by atoms with E-state index in [1.165, 1.54) is 29.2 Å². The Balaban J connectivity index is 2.01. The molecule has 0 spiro atoms. The third kappa shape index (κ3) is 6.53. The molecule has 1 heterocycles. The van der Waals surface area contributed by atoms with Crippen molar-refractivity contribution in [3.63, 3.8) is 0 Å². The Morgan fingerprint density at radius 2 is 1.71 bits per heavy atom.